The Morgan fingerprint density at radius 3 is 2.62 bits per heavy atom. The van der Waals surface area contributed by atoms with E-state index in [9.17, 15) is 4.79 Å². The molecule has 0 saturated carbocycles. The zero-order valence-electron chi connectivity index (χ0n) is 7.79. The first-order chi connectivity index (χ1) is 6.24. The van der Waals surface area contributed by atoms with Crippen molar-refractivity contribution in [1.82, 2.24) is 5.32 Å². The second-order valence-electron chi connectivity index (χ2n) is 2.95. The number of nitrogens with one attached hydrogen (secondary N) is 1. The van der Waals surface area contributed by atoms with E-state index in [2.05, 4.69) is 12.2 Å². The SMILES string of the molecule is [CH2]CC(=O)NC(C)c1ccccc1. The first-order valence-electron chi connectivity index (χ1n) is 4.37. The third-order valence-electron chi connectivity index (χ3n) is 1.90. The van der Waals surface area contributed by atoms with E-state index in [1.165, 1.54) is 0 Å². The first-order valence-corrected chi connectivity index (χ1v) is 4.37. The molecule has 13 heavy (non-hydrogen) atoms. The van der Waals surface area contributed by atoms with Crippen molar-refractivity contribution >= 4 is 5.91 Å². The van der Waals surface area contributed by atoms with Crippen molar-refractivity contribution < 1.29 is 4.79 Å². The van der Waals surface area contributed by atoms with Gasteiger partial charge in [-0.2, -0.15) is 0 Å². The molecule has 0 spiro atoms. The fraction of sp³-hybridized carbons (Fsp3) is 0.273. The topological polar surface area (TPSA) is 29.1 Å². The summed E-state index contributed by atoms with van der Waals surface area (Å²) in [5, 5.41) is 2.84. The summed E-state index contributed by atoms with van der Waals surface area (Å²) in [7, 11) is 0. The molecule has 1 radical (unpaired) electrons. The van der Waals surface area contributed by atoms with Crippen LogP contribution in [0.1, 0.15) is 24.9 Å². The quantitative estimate of drug-likeness (QED) is 0.750. The van der Waals surface area contributed by atoms with E-state index in [0.29, 0.717) is 0 Å². The molecule has 0 aliphatic carbocycles. The van der Waals surface area contributed by atoms with E-state index in [-0.39, 0.29) is 18.4 Å². The van der Waals surface area contributed by atoms with Crippen LogP contribution in [-0.2, 0) is 4.79 Å². The van der Waals surface area contributed by atoms with Crippen LogP contribution in [0.2, 0.25) is 0 Å². The van der Waals surface area contributed by atoms with Gasteiger partial charge in [0.25, 0.3) is 0 Å². The summed E-state index contributed by atoms with van der Waals surface area (Å²) < 4.78 is 0. The normalized spacial score (nSPS) is 12.2. The molecular formula is C11H14NO. The Bertz CT molecular complexity index is 269. The number of carbonyl (C=O) groups is 1. The van der Waals surface area contributed by atoms with Gasteiger partial charge in [0.2, 0.25) is 5.91 Å². The summed E-state index contributed by atoms with van der Waals surface area (Å²) >= 11 is 0. The van der Waals surface area contributed by atoms with E-state index in [4.69, 9.17) is 0 Å². The molecule has 0 fully saturated rings. The zero-order valence-corrected chi connectivity index (χ0v) is 7.79. The summed E-state index contributed by atoms with van der Waals surface area (Å²) in [6, 6.07) is 9.93. The number of amides is 1. The number of hydrogen-bond donors (Lipinski definition) is 1. The van der Waals surface area contributed by atoms with E-state index in [1.807, 2.05) is 37.3 Å². The Hall–Kier alpha value is -1.31. The summed E-state index contributed by atoms with van der Waals surface area (Å²) in [5.41, 5.74) is 1.12. The van der Waals surface area contributed by atoms with Gasteiger partial charge >= 0.3 is 0 Å². The van der Waals surface area contributed by atoms with Gasteiger partial charge < -0.3 is 5.32 Å². The minimum atomic E-state index is -0.0173. The molecule has 1 amide bonds. The Balaban J connectivity index is 2.59. The summed E-state index contributed by atoms with van der Waals surface area (Å²) in [5.74, 6) is -0.0173. The average molecular weight is 176 g/mol. The molecule has 1 unspecified atom stereocenters. The van der Waals surface area contributed by atoms with Crippen molar-refractivity contribution in [2.75, 3.05) is 0 Å². The molecule has 0 aliphatic heterocycles. The van der Waals surface area contributed by atoms with Gasteiger partial charge in [0.1, 0.15) is 0 Å². The van der Waals surface area contributed by atoms with E-state index >= 15 is 0 Å². The van der Waals surface area contributed by atoms with Crippen LogP contribution >= 0.6 is 0 Å². The predicted molar refractivity (Wildman–Crippen MR) is 53.0 cm³/mol. The third-order valence-corrected chi connectivity index (χ3v) is 1.90. The van der Waals surface area contributed by atoms with Crippen LogP contribution in [0.5, 0.6) is 0 Å². The highest BCUT2D eigenvalue weighted by Crippen LogP contribution is 2.10. The van der Waals surface area contributed by atoms with Gasteiger partial charge in [0.05, 0.1) is 6.04 Å². The van der Waals surface area contributed by atoms with Gasteiger partial charge in [-0.1, -0.05) is 30.3 Å². The fourth-order valence-corrected chi connectivity index (χ4v) is 1.14. The van der Waals surface area contributed by atoms with Crippen LogP contribution < -0.4 is 5.32 Å². The largest absolute Gasteiger partial charge is 0.350 e. The molecule has 69 valence electrons. The smallest absolute Gasteiger partial charge is 0.220 e. The number of rotatable bonds is 3. The number of hydrogen-bond acceptors (Lipinski definition) is 1. The third kappa shape index (κ3) is 2.90. The van der Waals surface area contributed by atoms with Gasteiger partial charge in [0, 0.05) is 6.42 Å². The lowest BCUT2D eigenvalue weighted by molar-refractivity contribution is -0.120. The van der Waals surface area contributed by atoms with Crippen molar-refractivity contribution in [1.29, 1.82) is 0 Å². The van der Waals surface area contributed by atoms with Crippen LogP contribution in [0.4, 0.5) is 0 Å². The van der Waals surface area contributed by atoms with Crippen molar-refractivity contribution in [2.24, 2.45) is 0 Å². The summed E-state index contributed by atoms with van der Waals surface area (Å²) in [6.45, 7) is 5.48. The van der Waals surface area contributed by atoms with Gasteiger partial charge in [-0.3, -0.25) is 4.79 Å². The monoisotopic (exact) mass is 176 g/mol. The van der Waals surface area contributed by atoms with Crippen molar-refractivity contribution in [2.45, 2.75) is 19.4 Å². The molecular weight excluding hydrogens is 162 g/mol. The second-order valence-corrected chi connectivity index (χ2v) is 2.95. The Morgan fingerprint density at radius 2 is 2.08 bits per heavy atom. The molecule has 1 rings (SSSR count). The Kier molecular flexibility index (Phi) is 3.50. The number of benzene rings is 1. The van der Waals surface area contributed by atoms with Crippen molar-refractivity contribution in [3.05, 3.63) is 42.8 Å². The summed E-state index contributed by atoms with van der Waals surface area (Å²) in [4.78, 5) is 11.0. The average Bonchev–Trinajstić information content (AvgIpc) is 2.19. The first kappa shape index (κ1) is 9.78. The lowest BCUT2D eigenvalue weighted by Crippen LogP contribution is -2.25. The van der Waals surface area contributed by atoms with E-state index in [0.717, 1.165) is 5.56 Å². The maximum absolute atomic E-state index is 11.0. The predicted octanol–water partition coefficient (Wildman–Crippen LogP) is 2.09. The van der Waals surface area contributed by atoms with Crippen LogP contribution in [0.25, 0.3) is 0 Å². The fourth-order valence-electron chi connectivity index (χ4n) is 1.14. The Morgan fingerprint density at radius 1 is 1.46 bits per heavy atom. The van der Waals surface area contributed by atoms with Gasteiger partial charge in [0.15, 0.2) is 0 Å². The van der Waals surface area contributed by atoms with E-state index < -0.39 is 0 Å². The van der Waals surface area contributed by atoms with Gasteiger partial charge in [-0.05, 0) is 19.4 Å². The molecule has 1 aromatic rings. The van der Waals surface area contributed by atoms with Crippen LogP contribution in [0.15, 0.2) is 30.3 Å². The van der Waals surface area contributed by atoms with Gasteiger partial charge in [-0.25, -0.2) is 0 Å². The maximum atomic E-state index is 11.0. The highest BCUT2D eigenvalue weighted by molar-refractivity contribution is 5.76. The Labute approximate surface area is 79.0 Å². The second kappa shape index (κ2) is 4.65. The summed E-state index contributed by atoms with van der Waals surface area (Å²) in [6.07, 6.45) is 0.289. The van der Waals surface area contributed by atoms with Crippen molar-refractivity contribution in [3.63, 3.8) is 0 Å². The maximum Gasteiger partial charge on any atom is 0.220 e. The zero-order chi connectivity index (χ0) is 9.68. The molecule has 0 saturated heterocycles. The van der Waals surface area contributed by atoms with Crippen LogP contribution in [-0.4, -0.2) is 5.91 Å². The minimum Gasteiger partial charge on any atom is -0.350 e. The molecule has 1 aromatic carbocycles. The molecule has 1 N–H and O–H groups in total. The lowest BCUT2D eigenvalue weighted by atomic mass is 10.1. The molecule has 1 atom stereocenters. The van der Waals surface area contributed by atoms with Crippen molar-refractivity contribution in [3.8, 4) is 0 Å². The molecule has 2 heteroatoms. The standard InChI is InChI=1S/C11H14NO/c1-3-11(13)12-9(2)10-7-5-4-6-8-10/h4-9H,1,3H2,2H3,(H,12,13). The highest BCUT2D eigenvalue weighted by Gasteiger charge is 2.06. The molecule has 0 bridgehead atoms. The molecule has 0 aromatic heterocycles. The molecule has 0 aliphatic rings. The highest BCUT2D eigenvalue weighted by atomic mass is 16.1. The lowest BCUT2D eigenvalue weighted by Gasteiger charge is -2.13. The number of carbonyl (C=O) groups excluding carboxylic acids is 1. The van der Waals surface area contributed by atoms with Crippen LogP contribution in [0, 0.1) is 6.92 Å². The van der Waals surface area contributed by atoms with Gasteiger partial charge in [-0.15, -0.1) is 0 Å². The van der Waals surface area contributed by atoms with Crippen LogP contribution in [0.3, 0.4) is 0 Å². The molecule has 0 heterocycles. The minimum absolute atomic E-state index is 0.0173. The molecule has 2 nitrogen and oxygen atoms in total. The van der Waals surface area contributed by atoms with E-state index in [1.54, 1.807) is 0 Å².